The average Bonchev–Trinajstić information content (AvgIpc) is 3.51. The fourth-order valence-electron chi connectivity index (χ4n) is 4.89. The molecule has 14 heteroatoms. The highest BCUT2D eigenvalue weighted by molar-refractivity contribution is 7.11. The fourth-order valence-corrected chi connectivity index (χ4v) is 5.74. The number of nitrogens with zero attached hydrogens (tertiary/aromatic N) is 5. The van der Waals surface area contributed by atoms with Crippen LogP contribution in [0.1, 0.15) is 41.9 Å². The number of amidine groups is 1. The summed E-state index contributed by atoms with van der Waals surface area (Å²) in [4.78, 5) is 44.0. The molecule has 1 aromatic carbocycles. The van der Waals surface area contributed by atoms with E-state index in [2.05, 4.69) is 20.3 Å². The molecule has 1 atom stereocenters. The van der Waals surface area contributed by atoms with Gasteiger partial charge in [-0.3, -0.25) is 9.79 Å². The maximum atomic E-state index is 14.6. The molecular weight excluding hydrogens is 578 g/mol. The number of carbonyl (C=O) groups excluding carboxylic acids is 1. The number of rotatable bonds is 8. The molecule has 0 amide bonds. The standard InChI is InChI=1S/C27H25ClF2N6O4S/c1-2-40-26(39)19-22(15-5-8-36(9-6-15)27-32-12-14(13-33-27)11-18(37)38)34-24(25-31-7-10-41-25)35-23(19)16-3-4-17(29)21(30)20(16)28/h3-4,7,10,12-13,15,23H,2,5-6,8-9,11H2,1H3,(H,34,35)(H,37,38). The molecule has 41 heavy (non-hydrogen) atoms. The predicted octanol–water partition coefficient (Wildman–Crippen LogP) is 4.32. The van der Waals surface area contributed by atoms with Crippen LogP contribution in [0.5, 0.6) is 0 Å². The lowest BCUT2D eigenvalue weighted by molar-refractivity contribution is -0.139. The van der Waals surface area contributed by atoms with E-state index in [1.807, 2.05) is 4.90 Å². The Morgan fingerprint density at radius 2 is 1.93 bits per heavy atom. The number of hydrogen-bond donors (Lipinski definition) is 2. The molecule has 2 aliphatic rings. The van der Waals surface area contributed by atoms with Crippen molar-refractivity contribution in [2.75, 3.05) is 24.6 Å². The monoisotopic (exact) mass is 602 g/mol. The normalized spacial score (nSPS) is 17.7. The lowest BCUT2D eigenvalue weighted by Gasteiger charge is -2.36. The lowest BCUT2D eigenvalue weighted by atomic mass is 9.85. The molecule has 1 fully saturated rings. The van der Waals surface area contributed by atoms with E-state index in [0.29, 0.717) is 54.0 Å². The van der Waals surface area contributed by atoms with Gasteiger partial charge in [0.25, 0.3) is 0 Å². The van der Waals surface area contributed by atoms with E-state index in [4.69, 9.17) is 26.4 Å². The number of carboxylic acids is 1. The van der Waals surface area contributed by atoms with Gasteiger partial charge in [0, 0.05) is 59.8 Å². The number of esters is 1. The lowest BCUT2D eigenvalue weighted by Crippen LogP contribution is -2.42. The molecule has 214 valence electrons. The van der Waals surface area contributed by atoms with Crippen molar-refractivity contribution in [3.63, 3.8) is 0 Å². The summed E-state index contributed by atoms with van der Waals surface area (Å²) in [5, 5.41) is 14.2. The van der Waals surface area contributed by atoms with E-state index >= 15 is 0 Å². The van der Waals surface area contributed by atoms with Crippen LogP contribution in [0.15, 0.2) is 52.4 Å². The van der Waals surface area contributed by atoms with Crippen LogP contribution in [0, 0.1) is 17.6 Å². The van der Waals surface area contributed by atoms with Gasteiger partial charge in [-0.05, 0) is 25.8 Å². The number of allylic oxidation sites excluding steroid dienone is 1. The number of piperidine rings is 1. The van der Waals surface area contributed by atoms with Crippen LogP contribution in [-0.2, 0) is 20.7 Å². The summed E-state index contributed by atoms with van der Waals surface area (Å²) in [5.74, 6) is -3.22. The van der Waals surface area contributed by atoms with Gasteiger partial charge in [0.15, 0.2) is 22.5 Å². The molecule has 3 aromatic rings. The minimum Gasteiger partial charge on any atom is -0.481 e. The molecule has 5 rings (SSSR count). The second-order valence-electron chi connectivity index (χ2n) is 9.38. The number of thiazole rings is 1. The van der Waals surface area contributed by atoms with Crippen LogP contribution in [0.25, 0.3) is 0 Å². The van der Waals surface area contributed by atoms with E-state index in [-0.39, 0.29) is 30.1 Å². The zero-order valence-corrected chi connectivity index (χ0v) is 23.4. The molecule has 1 saturated heterocycles. The van der Waals surface area contributed by atoms with Gasteiger partial charge in [0.2, 0.25) is 5.95 Å². The fraction of sp³-hybridized carbons (Fsp3) is 0.333. The van der Waals surface area contributed by atoms with Crippen molar-refractivity contribution in [1.29, 1.82) is 0 Å². The summed E-state index contributed by atoms with van der Waals surface area (Å²) in [6, 6.07) is 1.22. The van der Waals surface area contributed by atoms with Gasteiger partial charge in [0.1, 0.15) is 6.04 Å². The summed E-state index contributed by atoms with van der Waals surface area (Å²) >= 11 is 7.60. The number of carbonyl (C=O) groups is 2. The molecule has 0 radical (unpaired) electrons. The first-order valence-corrected chi connectivity index (χ1v) is 14.1. The van der Waals surface area contributed by atoms with Crippen molar-refractivity contribution < 1.29 is 28.2 Å². The average molecular weight is 603 g/mol. The van der Waals surface area contributed by atoms with Crippen LogP contribution in [-0.4, -0.2) is 57.5 Å². The summed E-state index contributed by atoms with van der Waals surface area (Å²) in [7, 11) is 0. The van der Waals surface area contributed by atoms with Crippen LogP contribution in [0.2, 0.25) is 5.02 Å². The highest BCUT2D eigenvalue weighted by Gasteiger charge is 2.38. The second kappa shape index (κ2) is 12.3. The molecule has 2 aliphatic heterocycles. The highest BCUT2D eigenvalue weighted by atomic mass is 35.5. The van der Waals surface area contributed by atoms with Gasteiger partial charge in [0.05, 0.1) is 23.6 Å². The van der Waals surface area contributed by atoms with E-state index in [1.54, 1.807) is 18.5 Å². The Labute approximate surface area is 242 Å². The van der Waals surface area contributed by atoms with Gasteiger partial charge < -0.3 is 20.1 Å². The number of ether oxygens (including phenoxy) is 1. The Kier molecular flexibility index (Phi) is 8.54. The Morgan fingerprint density at radius 1 is 1.20 bits per heavy atom. The Balaban J connectivity index is 1.49. The zero-order chi connectivity index (χ0) is 29.1. The van der Waals surface area contributed by atoms with Gasteiger partial charge in [-0.25, -0.2) is 28.5 Å². The van der Waals surface area contributed by atoms with E-state index in [0.717, 1.165) is 6.07 Å². The number of anilines is 1. The van der Waals surface area contributed by atoms with Gasteiger partial charge in [-0.2, -0.15) is 0 Å². The minimum absolute atomic E-state index is 0.102. The number of benzene rings is 1. The van der Waals surface area contributed by atoms with Crippen LogP contribution in [0.3, 0.4) is 0 Å². The molecule has 0 aliphatic carbocycles. The molecular formula is C27H25ClF2N6O4S. The van der Waals surface area contributed by atoms with E-state index in [9.17, 15) is 18.4 Å². The van der Waals surface area contributed by atoms with Gasteiger partial charge in [-0.1, -0.05) is 17.7 Å². The number of halogens is 3. The predicted molar refractivity (Wildman–Crippen MR) is 148 cm³/mol. The van der Waals surface area contributed by atoms with Crippen molar-refractivity contribution in [3.05, 3.63) is 80.2 Å². The zero-order valence-electron chi connectivity index (χ0n) is 21.8. The summed E-state index contributed by atoms with van der Waals surface area (Å²) in [6.07, 6.45) is 5.64. The Hall–Kier alpha value is -3.97. The van der Waals surface area contributed by atoms with Crippen molar-refractivity contribution >= 4 is 46.7 Å². The molecule has 10 nitrogen and oxygen atoms in total. The summed E-state index contributed by atoms with van der Waals surface area (Å²) in [5.41, 5.74) is 1.37. The number of nitrogens with one attached hydrogen (secondary N) is 1. The Morgan fingerprint density at radius 3 is 2.56 bits per heavy atom. The van der Waals surface area contributed by atoms with Gasteiger partial charge >= 0.3 is 11.9 Å². The Bertz CT molecular complexity index is 1510. The van der Waals surface area contributed by atoms with Crippen LogP contribution < -0.4 is 10.2 Å². The first kappa shape index (κ1) is 28.6. The van der Waals surface area contributed by atoms with Crippen molar-refractivity contribution in [3.8, 4) is 0 Å². The number of aliphatic imine (C=N–C) groups is 1. The van der Waals surface area contributed by atoms with Crippen molar-refractivity contribution in [2.24, 2.45) is 10.9 Å². The third-order valence-corrected chi connectivity index (χ3v) is 7.96. The highest BCUT2D eigenvalue weighted by Crippen LogP contribution is 2.41. The molecule has 2 aromatic heterocycles. The molecule has 0 saturated carbocycles. The smallest absolute Gasteiger partial charge is 0.338 e. The van der Waals surface area contributed by atoms with Crippen molar-refractivity contribution in [1.82, 2.24) is 20.3 Å². The number of carboxylic acid groups (broad SMARTS) is 1. The minimum atomic E-state index is -1.22. The maximum absolute atomic E-state index is 14.6. The first-order valence-electron chi connectivity index (χ1n) is 12.8. The quantitative estimate of drug-likeness (QED) is 0.286. The molecule has 2 N–H and O–H groups in total. The molecule has 0 spiro atoms. The first-order chi connectivity index (χ1) is 19.8. The topological polar surface area (TPSA) is 130 Å². The number of hydrogen-bond acceptors (Lipinski definition) is 10. The van der Waals surface area contributed by atoms with Crippen molar-refractivity contribution in [2.45, 2.75) is 32.2 Å². The summed E-state index contributed by atoms with van der Waals surface area (Å²) < 4.78 is 33.9. The largest absolute Gasteiger partial charge is 0.481 e. The number of aliphatic carboxylic acids is 1. The SMILES string of the molecule is CCOC(=O)C1=C(C2CCN(c3ncc(CC(=O)O)cn3)CC2)NC(c2nccs2)=NC1c1ccc(F)c(F)c1Cl. The second-order valence-corrected chi connectivity index (χ2v) is 10.7. The van der Waals surface area contributed by atoms with E-state index < -0.39 is 34.6 Å². The third kappa shape index (κ3) is 6.05. The van der Waals surface area contributed by atoms with E-state index in [1.165, 1.54) is 29.8 Å². The molecule has 1 unspecified atom stereocenters. The third-order valence-electron chi connectivity index (χ3n) is 6.80. The number of aromatic nitrogens is 3. The maximum Gasteiger partial charge on any atom is 0.338 e. The molecule has 0 bridgehead atoms. The van der Waals surface area contributed by atoms with Gasteiger partial charge in [-0.15, -0.1) is 11.3 Å². The van der Waals surface area contributed by atoms with Crippen LogP contribution in [0.4, 0.5) is 14.7 Å². The molecule has 4 heterocycles. The summed E-state index contributed by atoms with van der Waals surface area (Å²) in [6.45, 7) is 2.87. The van der Waals surface area contributed by atoms with Crippen LogP contribution >= 0.6 is 22.9 Å².